The van der Waals surface area contributed by atoms with E-state index in [1.165, 1.54) is 0 Å². The molecule has 0 aliphatic heterocycles. The molecule has 10 heteroatoms. The molecule has 1 amide bonds. The molecule has 3 rings (SSSR count). The first-order chi connectivity index (χ1) is 13.8. The van der Waals surface area contributed by atoms with E-state index >= 15 is 0 Å². The molecule has 0 spiro atoms. The number of aliphatic carboxylic acids is 1. The summed E-state index contributed by atoms with van der Waals surface area (Å²) in [5, 5.41) is 13.8. The van der Waals surface area contributed by atoms with E-state index in [0.717, 1.165) is 17.5 Å². The Morgan fingerprint density at radius 2 is 1.69 bits per heavy atom. The molecule has 2 aromatic heterocycles. The Labute approximate surface area is 163 Å². The number of aromatic nitrogens is 2. The van der Waals surface area contributed by atoms with E-state index in [1.807, 2.05) is 42.5 Å². The number of hydrogen-bond acceptors (Lipinski definition) is 5. The molecule has 2 heterocycles. The molecule has 0 saturated heterocycles. The van der Waals surface area contributed by atoms with Crippen LogP contribution in [0.1, 0.15) is 16.1 Å². The summed E-state index contributed by atoms with van der Waals surface area (Å²) < 4.78 is 37.0. The highest BCUT2D eigenvalue weighted by molar-refractivity contribution is 5.93. The van der Waals surface area contributed by atoms with Gasteiger partial charge in [-0.15, -0.1) is 0 Å². The SMILES string of the molecule is O=C(NCCc1ccncc1)c1cc(-c2ccccc2)on1.O=C(O)C(F)(F)F. The van der Waals surface area contributed by atoms with Crippen LogP contribution in [0.5, 0.6) is 0 Å². The van der Waals surface area contributed by atoms with E-state index in [0.29, 0.717) is 12.3 Å². The Bertz CT molecular complexity index is 929. The number of nitrogens with zero attached hydrogens (tertiary/aromatic N) is 2. The smallest absolute Gasteiger partial charge is 0.475 e. The maximum Gasteiger partial charge on any atom is 0.490 e. The van der Waals surface area contributed by atoms with Gasteiger partial charge in [-0.2, -0.15) is 13.2 Å². The number of carboxylic acids is 1. The Morgan fingerprint density at radius 1 is 1.07 bits per heavy atom. The molecular formula is C19H16F3N3O4. The van der Waals surface area contributed by atoms with Gasteiger partial charge in [0.2, 0.25) is 0 Å². The van der Waals surface area contributed by atoms with Crippen LogP contribution in [0.15, 0.2) is 65.4 Å². The second-order valence-electron chi connectivity index (χ2n) is 5.61. The van der Waals surface area contributed by atoms with E-state index in [9.17, 15) is 18.0 Å². The fourth-order valence-electron chi connectivity index (χ4n) is 2.08. The van der Waals surface area contributed by atoms with Crippen molar-refractivity contribution in [3.63, 3.8) is 0 Å². The highest BCUT2D eigenvalue weighted by atomic mass is 19.4. The zero-order chi connectivity index (χ0) is 21.3. The third-order valence-corrected chi connectivity index (χ3v) is 3.49. The maximum atomic E-state index is 12.0. The summed E-state index contributed by atoms with van der Waals surface area (Å²) in [6, 6.07) is 15.1. The van der Waals surface area contributed by atoms with E-state index < -0.39 is 12.1 Å². The Kier molecular flexibility index (Phi) is 7.47. The number of pyridine rings is 1. The largest absolute Gasteiger partial charge is 0.490 e. The summed E-state index contributed by atoms with van der Waals surface area (Å²) in [4.78, 5) is 24.9. The first kappa shape index (κ1) is 21.6. The number of halogens is 3. The van der Waals surface area contributed by atoms with Crippen LogP contribution in [0, 0.1) is 0 Å². The Morgan fingerprint density at radius 3 is 2.28 bits per heavy atom. The number of rotatable bonds is 5. The van der Waals surface area contributed by atoms with Gasteiger partial charge < -0.3 is 14.9 Å². The zero-order valence-electron chi connectivity index (χ0n) is 14.9. The number of alkyl halides is 3. The van der Waals surface area contributed by atoms with E-state index in [2.05, 4.69) is 15.5 Å². The van der Waals surface area contributed by atoms with Crippen LogP contribution in [0.25, 0.3) is 11.3 Å². The van der Waals surface area contributed by atoms with Crippen LogP contribution in [0.4, 0.5) is 13.2 Å². The van der Waals surface area contributed by atoms with Gasteiger partial charge in [0.1, 0.15) is 0 Å². The van der Waals surface area contributed by atoms with Gasteiger partial charge in [-0.05, 0) is 24.1 Å². The van der Waals surface area contributed by atoms with Crippen molar-refractivity contribution in [1.82, 2.24) is 15.5 Å². The first-order valence-corrected chi connectivity index (χ1v) is 8.26. The van der Waals surface area contributed by atoms with Gasteiger partial charge in [-0.25, -0.2) is 4.79 Å². The third kappa shape index (κ3) is 7.09. The monoisotopic (exact) mass is 407 g/mol. The molecule has 0 radical (unpaired) electrons. The topological polar surface area (TPSA) is 105 Å². The minimum Gasteiger partial charge on any atom is -0.475 e. The highest BCUT2D eigenvalue weighted by Gasteiger charge is 2.38. The molecular weight excluding hydrogens is 391 g/mol. The fourth-order valence-corrected chi connectivity index (χ4v) is 2.08. The van der Waals surface area contributed by atoms with Crippen molar-refractivity contribution in [2.75, 3.05) is 6.54 Å². The van der Waals surface area contributed by atoms with Crippen LogP contribution in [0.2, 0.25) is 0 Å². The van der Waals surface area contributed by atoms with Gasteiger partial charge in [-0.1, -0.05) is 35.5 Å². The highest BCUT2D eigenvalue weighted by Crippen LogP contribution is 2.19. The summed E-state index contributed by atoms with van der Waals surface area (Å²) in [7, 11) is 0. The summed E-state index contributed by atoms with van der Waals surface area (Å²) >= 11 is 0. The van der Waals surface area contributed by atoms with Crippen LogP contribution < -0.4 is 5.32 Å². The van der Waals surface area contributed by atoms with Crippen molar-refractivity contribution in [2.24, 2.45) is 0 Å². The molecule has 3 aromatic rings. The lowest BCUT2D eigenvalue weighted by Crippen LogP contribution is -2.25. The van der Waals surface area contributed by atoms with Crippen molar-refractivity contribution in [2.45, 2.75) is 12.6 Å². The second kappa shape index (κ2) is 10.0. The van der Waals surface area contributed by atoms with Gasteiger partial charge in [0.05, 0.1) is 0 Å². The minimum atomic E-state index is -5.08. The molecule has 0 atom stereocenters. The van der Waals surface area contributed by atoms with Crippen LogP contribution in [-0.2, 0) is 11.2 Å². The normalized spacial score (nSPS) is 10.6. The predicted molar refractivity (Wildman–Crippen MR) is 95.9 cm³/mol. The lowest BCUT2D eigenvalue weighted by Gasteiger charge is -2.02. The number of carboxylic acid groups (broad SMARTS) is 1. The fraction of sp³-hybridized carbons (Fsp3) is 0.158. The summed E-state index contributed by atoms with van der Waals surface area (Å²) in [5.41, 5.74) is 2.31. The second-order valence-corrected chi connectivity index (χ2v) is 5.61. The molecule has 0 saturated carbocycles. The molecule has 0 fully saturated rings. The maximum absolute atomic E-state index is 12.0. The molecule has 29 heavy (non-hydrogen) atoms. The van der Waals surface area contributed by atoms with Gasteiger partial charge >= 0.3 is 12.1 Å². The number of carbonyl (C=O) groups is 2. The molecule has 1 aromatic carbocycles. The summed E-state index contributed by atoms with van der Waals surface area (Å²) in [6.45, 7) is 0.538. The van der Waals surface area contributed by atoms with Crippen molar-refractivity contribution < 1.29 is 32.4 Å². The van der Waals surface area contributed by atoms with Crippen molar-refractivity contribution in [3.05, 3.63) is 72.2 Å². The summed E-state index contributed by atoms with van der Waals surface area (Å²) in [5.74, 6) is -2.41. The standard InChI is InChI=1S/C17H15N3O2.C2HF3O2/c21-17(19-11-8-13-6-9-18-10-7-13)15-12-16(22-20-15)14-4-2-1-3-5-14;3-2(4,5)1(6)7/h1-7,9-10,12H,8,11H2,(H,19,21);(H,6,7). The molecule has 0 aliphatic carbocycles. The number of carbonyl (C=O) groups excluding carboxylic acids is 1. The van der Waals surface area contributed by atoms with E-state index in [4.69, 9.17) is 14.4 Å². The van der Waals surface area contributed by atoms with Gasteiger partial charge in [0.15, 0.2) is 11.5 Å². The average molecular weight is 407 g/mol. The van der Waals surface area contributed by atoms with Crippen molar-refractivity contribution >= 4 is 11.9 Å². The molecule has 0 bridgehead atoms. The number of amides is 1. The lowest BCUT2D eigenvalue weighted by atomic mass is 10.1. The van der Waals surface area contributed by atoms with Crippen molar-refractivity contribution in [3.8, 4) is 11.3 Å². The van der Waals surface area contributed by atoms with Gasteiger partial charge in [0.25, 0.3) is 5.91 Å². The molecule has 2 N–H and O–H groups in total. The van der Waals surface area contributed by atoms with Gasteiger partial charge in [-0.3, -0.25) is 9.78 Å². The zero-order valence-corrected chi connectivity index (χ0v) is 14.9. The lowest BCUT2D eigenvalue weighted by molar-refractivity contribution is -0.192. The Balaban J connectivity index is 0.000000370. The van der Waals surface area contributed by atoms with E-state index in [-0.39, 0.29) is 11.6 Å². The van der Waals surface area contributed by atoms with Crippen LogP contribution in [0.3, 0.4) is 0 Å². The van der Waals surface area contributed by atoms with Gasteiger partial charge in [0, 0.05) is 30.6 Å². The van der Waals surface area contributed by atoms with Crippen molar-refractivity contribution in [1.29, 1.82) is 0 Å². The molecule has 0 unspecified atom stereocenters. The third-order valence-electron chi connectivity index (χ3n) is 3.49. The first-order valence-electron chi connectivity index (χ1n) is 8.26. The molecule has 7 nitrogen and oxygen atoms in total. The molecule has 0 aliphatic rings. The minimum absolute atomic E-state index is 0.236. The number of hydrogen-bond donors (Lipinski definition) is 2. The Hall–Kier alpha value is -3.69. The number of benzene rings is 1. The molecule has 152 valence electrons. The number of nitrogens with one attached hydrogen (secondary N) is 1. The van der Waals surface area contributed by atoms with Crippen LogP contribution >= 0.6 is 0 Å². The quantitative estimate of drug-likeness (QED) is 0.672. The van der Waals surface area contributed by atoms with Crippen LogP contribution in [-0.4, -0.2) is 39.8 Å². The summed E-state index contributed by atoms with van der Waals surface area (Å²) in [6.07, 6.45) is -0.862. The average Bonchev–Trinajstić information content (AvgIpc) is 3.20. The predicted octanol–water partition coefficient (Wildman–Crippen LogP) is 3.34. The van der Waals surface area contributed by atoms with E-state index in [1.54, 1.807) is 18.5 Å².